The van der Waals surface area contributed by atoms with Crippen LogP contribution in [0, 0.1) is 17.2 Å². The number of nitrogens with zero attached hydrogens (tertiary/aromatic N) is 2. The molecule has 30 heavy (non-hydrogen) atoms. The topological polar surface area (TPSA) is 99.2 Å². The number of pyridine rings is 1. The van der Waals surface area contributed by atoms with Gasteiger partial charge in [-0.3, -0.25) is 9.78 Å². The molecule has 0 aliphatic heterocycles. The first kappa shape index (κ1) is 20.1. The number of fused-ring (bicyclic) bond motifs is 1. The van der Waals surface area contributed by atoms with E-state index in [0.29, 0.717) is 28.0 Å². The smallest absolute Gasteiger partial charge is 0.251 e. The summed E-state index contributed by atoms with van der Waals surface area (Å²) in [4.78, 5) is 17.2. The zero-order valence-corrected chi connectivity index (χ0v) is 17.2. The van der Waals surface area contributed by atoms with Gasteiger partial charge in [0.15, 0.2) is 0 Å². The van der Waals surface area contributed by atoms with Crippen molar-refractivity contribution in [3.05, 3.63) is 53.9 Å². The van der Waals surface area contributed by atoms with E-state index in [2.05, 4.69) is 16.4 Å². The van der Waals surface area contributed by atoms with Gasteiger partial charge >= 0.3 is 0 Å². The quantitative estimate of drug-likeness (QED) is 0.671. The minimum Gasteiger partial charge on any atom is -0.464 e. The summed E-state index contributed by atoms with van der Waals surface area (Å²) in [5.41, 5.74) is 2.21. The second-order valence-corrected chi connectivity index (χ2v) is 8.54. The minimum atomic E-state index is -0.682. The number of nitriles is 1. The largest absolute Gasteiger partial charge is 0.464 e. The van der Waals surface area contributed by atoms with Gasteiger partial charge in [-0.25, -0.2) is 0 Å². The number of rotatable bonds is 4. The third-order valence-corrected chi connectivity index (χ3v) is 6.10. The zero-order chi connectivity index (χ0) is 21.3. The van der Waals surface area contributed by atoms with Gasteiger partial charge < -0.3 is 14.8 Å². The first-order chi connectivity index (χ1) is 14.4. The molecule has 2 N–H and O–H groups in total. The molecular weight excluding hydrogens is 378 g/mol. The second kappa shape index (κ2) is 7.92. The van der Waals surface area contributed by atoms with E-state index in [1.54, 1.807) is 36.7 Å². The van der Waals surface area contributed by atoms with Crippen molar-refractivity contribution < 1.29 is 14.3 Å². The molecule has 3 aromatic rings. The van der Waals surface area contributed by atoms with Crippen molar-refractivity contribution in [3.63, 3.8) is 0 Å². The number of nitrogens with one attached hydrogen (secondary N) is 1. The van der Waals surface area contributed by atoms with Crippen LogP contribution in [0.2, 0.25) is 0 Å². The summed E-state index contributed by atoms with van der Waals surface area (Å²) in [5, 5.41) is 23.8. The third-order valence-electron chi connectivity index (χ3n) is 6.10. The van der Waals surface area contributed by atoms with E-state index in [1.165, 1.54) is 0 Å². The summed E-state index contributed by atoms with van der Waals surface area (Å²) in [6.07, 6.45) is 6.70. The molecule has 1 amide bonds. The zero-order valence-electron chi connectivity index (χ0n) is 17.2. The summed E-state index contributed by atoms with van der Waals surface area (Å²) in [6, 6.07) is 11.0. The van der Waals surface area contributed by atoms with Crippen LogP contribution in [-0.4, -0.2) is 27.6 Å². The normalized spacial score (nSPS) is 19.4. The molecule has 0 atom stereocenters. The molecule has 6 heteroatoms. The minimum absolute atomic E-state index is 0.0858. The van der Waals surface area contributed by atoms with Crippen molar-refractivity contribution in [2.45, 2.75) is 51.2 Å². The summed E-state index contributed by atoms with van der Waals surface area (Å²) < 4.78 is 5.43. The highest BCUT2D eigenvalue weighted by molar-refractivity contribution is 5.97. The number of carbonyl (C=O) groups is 1. The Morgan fingerprint density at radius 2 is 2.00 bits per heavy atom. The number of hydrogen-bond acceptors (Lipinski definition) is 5. The lowest BCUT2D eigenvalue weighted by molar-refractivity contribution is -0.00257. The van der Waals surface area contributed by atoms with Gasteiger partial charge in [0.1, 0.15) is 5.58 Å². The average Bonchev–Trinajstić information content (AvgIpc) is 3.22. The SMILES string of the molecule is CC(C)(O)C1CCC(NC(=O)c2ccc(-c3nccc4occc34)c(C#N)c2)CC1. The summed E-state index contributed by atoms with van der Waals surface area (Å²) in [7, 11) is 0. The maximum absolute atomic E-state index is 12.8. The fourth-order valence-corrected chi connectivity index (χ4v) is 4.31. The third kappa shape index (κ3) is 3.94. The van der Waals surface area contributed by atoms with Gasteiger partial charge in [-0.2, -0.15) is 5.26 Å². The number of amides is 1. The molecule has 0 bridgehead atoms. The number of aliphatic hydroxyl groups is 1. The average molecular weight is 403 g/mol. The Balaban J connectivity index is 1.52. The Hall–Kier alpha value is -3.17. The van der Waals surface area contributed by atoms with Crippen LogP contribution in [0.15, 0.2) is 47.2 Å². The van der Waals surface area contributed by atoms with Gasteiger partial charge in [0.05, 0.1) is 29.2 Å². The van der Waals surface area contributed by atoms with Crippen LogP contribution >= 0.6 is 0 Å². The van der Waals surface area contributed by atoms with E-state index in [0.717, 1.165) is 31.1 Å². The maximum Gasteiger partial charge on any atom is 0.251 e. The van der Waals surface area contributed by atoms with E-state index in [4.69, 9.17) is 4.42 Å². The first-order valence-electron chi connectivity index (χ1n) is 10.3. The first-order valence-corrected chi connectivity index (χ1v) is 10.3. The van der Waals surface area contributed by atoms with Crippen molar-refractivity contribution >= 4 is 16.9 Å². The number of furan rings is 1. The van der Waals surface area contributed by atoms with Crippen LogP contribution in [0.1, 0.15) is 55.5 Å². The molecule has 154 valence electrons. The molecule has 4 rings (SSSR count). The molecular formula is C24H25N3O3. The van der Waals surface area contributed by atoms with E-state index < -0.39 is 5.60 Å². The lowest BCUT2D eigenvalue weighted by Crippen LogP contribution is -2.41. The molecule has 1 fully saturated rings. The van der Waals surface area contributed by atoms with E-state index >= 15 is 0 Å². The van der Waals surface area contributed by atoms with Crippen molar-refractivity contribution in [2.24, 2.45) is 5.92 Å². The molecule has 0 unspecified atom stereocenters. The monoisotopic (exact) mass is 403 g/mol. The van der Waals surface area contributed by atoms with Crippen molar-refractivity contribution in [2.75, 3.05) is 0 Å². The van der Waals surface area contributed by atoms with Crippen LogP contribution in [-0.2, 0) is 0 Å². The predicted octanol–water partition coefficient (Wildman–Crippen LogP) is 4.43. The Kier molecular flexibility index (Phi) is 5.31. The van der Waals surface area contributed by atoms with Crippen LogP contribution in [0.3, 0.4) is 0 Å². The lowest BCUT2D eigenvalue weighted by Gasteiger charge is -2.36. The van der Waals surface area contributed by atoms with Crippen molar-refractivity contribution in [1.29, 1.82) is 5.26 Å². The molecule has 0 saturated heterocycles. The molecule has 1 aliphatic rings. The molecule has 0 spiro atoms. The number of hydrogen-bond donors (Lipinski definition) is 2. The molecule has 1 aliphatic carbocycles. The summed E-state index contributed by atoms with van der Waals surface area (Å²) in [5.74, 6) is 0.0764. The van der Waals surface area contributed by atoms with Crippen LogP contribution in [0.25, 0.3) is 22.2 Å². The Morgan fingerprint density at radius 3 is 2.70 bits per heavy atom. The van der Waals surface area contributed by atoms with Gasteiger partial charge in [0, 0.05) is 28.8 Å². The van der Waals surface area contributed by atoms with Gasteiger partial charge in [0.25, 0.3) is 5.91 Å². The van der Waals surface area contributed by atoms with Crippen molar-refractivity contribution in [3.8, 4) is 17.3 Å². The molecule has 1 aromatic carbocycles. The van der Waals surface area contributed by atoms with Crippen LogP contribution < -0.4 is 5.32 Å². The van der Waals surface area contributed by atoms with E-state index in [9.17, 15) is 15.2 Å². The Bertz CT molecular complexity index is 1110. The molecule has 2 heterocycles. The second-order valence-electron chi connectivity index (χ2n) is 8.54. The van der Waals surface area contributed by atoms with Crippen LogP contribution in [0.5, 0.6) is 0 Å². The molecule has 2 aromatic heterocycles. The van der Waals surface area contributed by atoms with Gasteiger partial charge in [-0.1, -0.05) is 6.07 Å². The van der Waals surface area contributed by atoms with Gasteiger partial charge in [0.2, 0.25) is 0 Å². The number of aromatic nitrogens is 1. The van der Waals surface area contributed by atoms with Crippen molar-refractivity contribution in [1.82, 2.24) is 10.3 Å². The van der Waals surface area contributed by atoms with Gasteiger partial charge in [-0.15, -0.1) is 0 Å². The number of carbonyl (C=O) groups excluding carboxylic acids is 1. The summed E-state index contributed by atoms with van der Waals surface area (Å²) >= 11 is 0. The lowest BCUT2D eigenvalue weighted by atomic mass is 9.77. The number of benzene rings is 1. The molecule has 0 radical (unpaired) electrons. The van der Waals surface area contributed by atoms with E-state index in [-0.39, 0.29) is 17.9 Å². The highest BCUT2D eigenvalue weighted by atomic mass is 16.3. The Labute approximate surface area is 175 Å². The summed E-state index contributed by atoms with van der Waals surface area (Å²) in [6.45, 7) is 3.70. The fourth-order valence-electron chi connectivity index (χ4n) is 4.31. The Morgan fingerprint density at radius 1 is 1.23 bits per heavy atom. The maximum atomic E-state index is 12.8. The van der Waals surface area contributed by atoms with Gasteiger partial charge in [-0.05, 0) is 69.7 Å². The standard InChI is InChI=1S/C24H25N3O3/c1-24(2,29)17-4-6-18(7-5-17)27-23(28)15-3-8-19(16(13-15)14-25)22-20-10-12-30-21(20)9-11-26-22/h3,8-13,17-18,29H,4-7H2,1-2H3,(H,27,28). The highest BCUT2D eigenvalue weighted by Gasteiger charge is 2.31. The predicted molar refractivity (Wildman–Crippen MR) is 114 cm³/mol. The molecule has 6 nitrogen and oxygen atoms in total. The highest BCUT2D eigenvalue weighted by Crippen LogP contribution is 2.33. The fraction of sp³-hybridized carbons (Fsp3) is 0.375. The van der Waals surface area contributed by atoms with Crippen LogP contribution in [0.4, 0.5) is 0 Å². The van der Waals surface area contributed by atoms with E-state index in [1.807, 2.05) is 19.9 Å². The molecule has 1 saturated carbocycles.